The van der Waals surface area contributed by atoms with Crippen LogP contribution in [0.3, 0.4) is 0 Å². The fourth-order valence-corrected chi connectivity index (χ4v) is 4.66. The van der Waals surface area contributed by atoms with Crippen molar-refractivity contribution in [3.63, 3.8) is 0 Å². The normalized spacial score (nSPS) is 33.3. The van der Waals surface area contributed by atoms with Crippen LogP contribution < -0.4 is 4.74 Å². The van der Waals surface area contributed by atoms with Crippen LogP contribution in [0.5, 0.6) is 5.75 Å². The Morgan fingerprint density at radius 3 is 2.67 bits per heavy atom. The van der Waals surface area contributed by atoms with Gasteiger partial charge in [0, 0.05) is 9.80 Å². The first-order chi connectivity index (χ1) is 8.65. The first kappa shape index (κ1) is 13.0. The molecule has 0 amide bonds. The minimum atomic E-state index is 0.460. The van der Waals surface area contributed by atoms with Crippen molar-refractivity contribution in [2.24, 2.45) is 17.3 Å². The van der Waals surface area contributed by atoms with Gasteiger partial charge in [0.2, 0.25) is 0 Å². The molecule has 1 aromatic rings. The van der Waals surface area contributed by atoms with E-state index in [1.807, 2.05) is 0 Å². The summed E-state index contributed by atoms with van der Waals surface area (Å²) in [4.78, 5) is 0. The summed E-state index contributed by atoms with van der Waals surface area (Å²) in [6, 6.07) is 6.33. The lowest BCUT2D eigenvalue weighted by atomic mass is 9.79. The molecule has 1 aromatic carbocycles. The van der Waals surface area contributed by atoms with E-state index in [0.29, 0.717) is 5.41 Å². The predicted octanol–water partition coefficient (Wildman–Crippen LogP) is 4.81. The third-order valence-electron chi connectivity index (χ3n) is 4.55. The summed E-state index contributed by atoms with van der Waals surface area (Å²) >= 11 is 7.32. The first-order valence-electron chi connectivity index (χ1n) is 6.54. The molecule has 2 atom stereocenters. The van der Waals surface area contributed by atoms with Gasteiger partial charge in [-0.3, -0.25) is 0 Å². The van der Waals surface area contributed by atoms with Crippen LogP contribution in [-0.2, 0) is 6.42 Å². The Kier molecular flexibility index (Phi) is 3.48. The van der Waals surface area contributed by atoms with Gasteiger partial charge in [0.05, 0.1) is 7.11 Å². The molecule has 2 aliphatic carbocycles. The summed E-state index contributed by atoms with van der Waals surface area (Å²) in [5, 5.41) is 1.11. The number of rotatable bonds is 4. The number of benzene rings is 1. The van der Waals surface area contributed by atoms with Crippen LogP contribution in [-0.4, -0.2) is 12.4 Å². The third kappa shape index (κ3) is 2.36. The molecule has 2 unspecified atom stereocenters. The Balaban J connectivity index is 1.84. The van der Waals surface area contributed by atoms with Crippen molar-refractivity contribution >= 4 is 31.9 Å². The Labute approximate surface area is 126 Å². The average Bonchev–Trinajstić information content (AvgIpc) is 2.98. The minimum Gasteiger partial charge on any atom is -0.496 e. The maximum atomic E-state index is 5.50. The number of hydrogen-bond acceptors (Lipinski definition) is 1. The second-order valence-electron chi connectivity index (χ2n) is 5.93. The van der Waals surface area contributed by atoms with Crippen LogP contribution in [0.25, 0.3) is 0 Å². The minimum absolute atomic E-state index is 0.460. The van der Waals surface area contributed by atoms with Crippen molar-refractivity contribution in [3.8, 4) is 5.75 Å². The maximum Gasteiger partial charge on any atom is 0.122 e. The zero-order chi connectivity index (χ0) is 12.8. The number of alkyl halides is 1. The standard InChI is InChI=1S/C15H18Br2O/c1-18-14-3-2-13(17)5-12(14)8-15(9-16)6-10-4-11(10)7-15/h2-3,5,10-11H,4,6-9H2,1H3. The second kappa shape index (κ2) is 4.82. The summed E-state index contributed by atoms with van der Waals surface area (Å²) in [5.41, 5.74) is 1.80. The number of hydrogen-bond donors (Lipinski definition) is 0. The van der Waals surface area contributed by atoms with Crippen LogP contribution in [0.2, 0.25) is 0 Å². The molecule has 2 aliphatic rings. The van der Waals surface area contributed by atoms with Crippen molar-refractivity contribution < 1.29 is 4.74 Å². The zero-order valence-electron chi connectivity index (χ0n) is 10.6. The number of halogens is 2. The molecular weight excluding hydrogens is 356 g/mol. The monoisotopic (exact) mass is 372 g/mol. The van der Waals surface area contributed by atoms with E-state index >= 15 is 0 Å². The van der Waals surface area contributed by atoms with Crippen LogP contribution in [0, 0.1) is 17.3 Å². The van der Waals surface area contributed by atoms with Crippen molar-refractivity contribution in [2.75, 3.05) is 12.4 Å². The van der Waals surface area contributed by atoms with Gasteiger partial charge >= 0.3 is 0 Å². The van der Waals surface area contributed by atoms with E-state index in [4.69, 9.17) is 4.74 Å². The Morgan fingerprint density at radius 1 is 1.33 bits per heavy atom. The van der Waals surface area contributed by atoms with Gasteiger partial charge in [-0.25, -0.2) is 0 Å². The Morgan fingerprint density at radius 2 is 2.06 bits per heavy atom. The largest absolute Gasteiger partial charge is 0.496 e. The fourth-order valence-electron chi connectivity index (χ4n) is 3.60. The highest BCUT2D eigenvalue weighted by Crippen LogP contribution is 2.61. The Bertz CT molecular complexity index is 448. The molecule has 0 N–H and O–H groups in total. The van der Waals surface area contributed by atoms with Crippen molar-refractivity contribution in [2.45, 2.75) is 25.7 Å². The topological polar surface area (TPSA) is 9.23 Å². The molecular formula is C15H18Br2O. The van der Waals surface area contributed by atoms with Crippen LogP contribution in [0.15, 0.2) is 22.7 Å². The molecule has 2 saturated carbocycles. The highest BCUT2D eigenvalue weighted by atomic mass is 79.9. The van der Waals surface area contributed by atoms with Crippen molar-refractivity contribution in [1.82, 2.24) is 0 Å². The molecule has 18 heavy (non-hydrogen) atoms. The van der Waals surface area contributed by atoms with E-state index in [-0.39, 0.29) is 0 Å². The highest BCUT2D eigenvalue weighted by molar-refractivity contribution is 9.10. The SMILES string of the molecule is COc1ccc(Br)cc1CC1(CBr)CC2CC2C1. The maximum absolute atomic E-state index is 5.50. The lowest BCUT2D eigenvalue weighted by Gasteiger charge is -2.29. The molecule has 0 aliphatic heterocycles. The Hall–Kier alpha value is -0.0200. The fraction of sp³-hybridized carbons (Fsp3) is 0.600. The summed E-state index contributed by atoms with van der Waals surface area (Å²) in [7, 11) is 1.76. The molecule has 0 radical (unpaired) electrons. The van der Waals surface area contributed by atoms with Crippen LogP contribution in [0.4, 0.5) is 0 Å². The number of fused-ring (bicyclic) bond motifs is 1. The smallest absolute Gasteiger partial charge is 0.122 e. The highest BCUT2D eigenvalue weighted by Gasteiger charge is 2.53. The van der Waals surface area contributed by atoms with E-state index in [9.17, 15) is 0 Å². The van der Waals surface area contributed by atoms with Gasteiger partial charge in [-0.15, -0.1) is 0 Å². The summed E-state index contributed by atoms with van der Waals surface area (Å²) in [6.45, 7) is 0. The summed E-state index contributed by atoms with van der Waals surface area (Å²) in [5.74, 6) is 3.06. The van der Waals surface area contributed by atoms with E-state index in [2.05, 4.69) is 50.1 Å². The van der Waals surface area contributed by atoms with Gasteiger partial charge in [0.25, 0.3) is 0 Å². The summed E-state index contributed by atoms with van der Waals surface area (Å²) < 4.78 is 6.65. The van der Waals surface area contributed by atoms with Gasteiger partial charge in [-0.1, -0.05) is 31.9 Å². The molecule has 2 fully saturated rings. The van der Waals surface area contributed by atoms with Crippen LogP contribution in [0.1, 0.15) is 24.8 Å². The van der Waals surface area contributed by atoms with Gasteiger partial charge < -0.3 is 4.74 Å². The quantitative estimate of drug-likeness (QED) is 0.688. The van der Waals surface area contributed by atoms with E-state index < -0.39 is 0 Å². The zero-order valence-corrected chi connectivity index (χ0v) is 13.8. The van der Waals surface area contributed by atoms with E-state index in [0.717, 1.165) is 33.8 Å². The molecule has 3 rings (SSSR count). The van der Waals surface area contributed by atoms with E-state index in [1.54, 1.807) is 7.11 Å². The van der Waals surface area contributed by atoms with Gasteiger partial charge in [-0.2, -0.15) is 0 Å². The predicted molar refractivity (Wildman–Crippen MR) is 81.5 cm³/mol. The van der Waals surface area contributed by atoms with Crippen LogP contribution >= 0.6 is 31.9 Å². The van der Waals surface area contributed by atoms with Gasteiger partial charge in [-0.05, 0) is 66.7 Å². The average molecular weight is 374 g/mol. The lowest BCUT2D eigenvalue weighted by molar-refractivity contribution is 0.302. The van der Waals surface area contributed by atoms with Crippen molar-refractivity contribution in [1.29, 1.82) is 0 Å². The first-order valence-corrected chi connectivity index (χ1v) is 8.46. The molecule has 0 aromatic heterocycles. The van der Waals surface area contributed by atoms with Gasteiger partial charge in [0.1, 0.15) is 5.75 Å². The number of methoxy groups -OCH3 is 1. The second-order valence-corrected chi connectivity index (χ2v) is 7.41. The molecule has 0 saturated heterocycles. The molecule has 0 bridgehead atoms. The summed E-state index contributed by atoms with van der Waals surface area (Å²) in [6.07, 6.45) is 5.38. The molecule has 0 spiro atoms. The van der Waals surface area contributed by atoms with Crippen molar-refractivity contribution in [3.05, 3.63) is 28.2 Å². The number of ether oxygens (including phenoxy) is 1. The molecule has 98 valence electrons. The van der Waals surface area contributed by atoms with E-state index in [1.165, 1.54) is 24.8 Å². The molecule has 1 nitrogen and oxygen atoms in total. The molecule has 3 heteroatoms. The van der Waals surface area contributed by atoms with Gasteiger partial charge in [0.15, 0.2) is 0 Å². The lowest BCUT2D eigenvalue weighted by Crippen LogP contribution is -2.24. The third-order valence-corrected chi connectivity index (χ3v) is 6.23. The molecule has 0 heterocycles.